The molecule has 2 aromatic carbocycles. The summed E-state index contributed by atoms with van der Waals surface area (Å²) in [5.74, 6) is -0.735. The molecule has 0 spiro atoms. The highest BCUT2D eigenvalue weighted by molar-refractivity contribution is 6.37. The third-order valence-electron chi connectivity index (χ3n) is 6.29. The first kappa shape index (κ1) is 21.6. The van der Waals surface area contributed by atoms with Crippen molar-refractivity contribution in [3.63, 3.8) is 0 Å². The third kappa shape index (κ3) is 3.79. The average molecular weight is 486 g/mol. The first-order chi connectivity index (χ1) is 15.8. The van der Waals surface area contributed by atoms with Crippen LogP contribution in [0.3, 0.4) is 0 Å². The van der Waals surface area contributed by atoms with E-state index in [0.717, 1.165) is 11.4 Å². The Morgan fingerprint density at radius 3 is 2.33 bits per heavy atom. The molecule has 1 saturated heterocycles. The number of ether oxygens (including phenoxy) is 1. The predicted octanol–water partition coefficient (Wildman–Crippen LogP) is 4.62. The lowest BCUT2D eigenvalue weighted by molar-refractivity contribution is -0.384. The van der Waals surface area contributed by atoms with Crippen LogP contribution >= 0.6 is 23.2 Å². The van der Waals surface area contributed by atoms with Gasteiger partial charge in [0.1, 0.15) is 6.61 Å². The minimum atomic E-state index is -0.484. The van der Waals surface area contributed by atoms with E-state index in [1.165, 1.54) is 18.3 Å². The molecule has 3 aliphatic rings. The number of carbonyl (C=O) groups is 2. The van der Waals surface area contributed by atoms with Gasteiger partial charge in [-0.15, -0.1) is 0 Å². The molecule has 0 N–H and O–H groups in total. The number of non-ortho nitro benzene ring substituents is 1. The van der Waals surface area contributed by atoms with Crippen molar-refractivity contribution < 1.29 is 19.2 Å². The van der Waals surface area contributed by atoms with E-state index in [-0.39, 0.29) is 63.6 Å². The summed E-state index contributed by atoms with van der Waals surface area (Å²) in [5, 5.41) is 16.4. The molecule has 33 heavy (non-hydrogen) atoms. The molecule has 10 heteroatoms. The lowest BCUT2D eigenvalue weighted by Crippen LogP contribution is -2.28. The molecule has 168 valence electrons. The number of hydrogen-bond donors (Lipinski definition) is 0. The van der Waals surface area contributed by atoms with Crippen molar-refractivity contribution >= 4 is 46.9 Å². The van der Waals surface area contributed by atoms with Crippen molar-refractivity contribution in [1.29, 1.82) is 0 Å². The summed E-state index contributed by atoms with van der Waals surface area (Å²) in [6.45, 7) is 0.0322. The lowest BCUT2D eigenvalue weighted by atomic mass is 9.85. The molecule has 2 bridgehead atoms. The summed E-state index contributed by atoms with van der Waals surface area (Å²) < 4.78 is 5.68. The van der Waals surface area contributed by atoms with E-state index in [9.17, 15) is 19.7 Å². The van der Waals surface area contributed by atoms with Gasteiger partial charge in [-0.3, -0.25) is 19.7 Å². The number of nitrogens with zero attached hydrogens (tertiary/aromatic N) is 3. The van der Waals surface area contributed by atoms with Gasteiger partial charge >= 0.3 is 0 Å². The molecule has 0 aromatic heterocycles. The largest absolute Gasteiger partial charge is 0.486 e. The fourth-order valence-corrected chi connectivity index (χ4v) is 5.45. The monoisotopic (exact) mass is 485 g/mol. The van der Waals surface area contributed by atoms with E-state index in [1.807, 2.05) is 12.2 Å². The molecule has 4 unspecified atom stereocenters. The summed E-state index contributed by atoms with van der Waals surface area (Å²) in [6.07, 6.45) is 6.27. The van der Waals surface area contributed by atoms with Gasteiger partial charge in [0.05, 0.1) is 33.0 Å². The number of halogens is 2. The lowest BCUT2D eigenvalue weighted by Gasteiger charge is -2.13. The highest BCUT2D eigenvalue weighted by Gasteiger charge is 2.59. The molecule has 2 aromatic rings. The normalized spacial score (nSPS) is 25.3. The van der Waals surface area contributed by atoms with Crippen LogP contribution in [0.1, 0.15) is 17.5 Å². The van der Waals surface area contributed by atoms with Gasteiger partial charge < -0.3 is 4.74 Å². The van der Waals surface area contributed by atoms with Crippen LogP contribution in [0.25, 0.3) is 0 Å². The second-order valence-electron chi connectivity index (χ2n) is 8.26. The quantitative estimate of drug-likeness (QED) is 0.195. The Labute approximate surface area is 198 Å². The second-order valence-corrected chi connectivity index (χ2v) is 9.08. The Morgan fingerprint density at radius 2 is 1.73 bits per heavy atom. The number of benzene rings is 2. The Bertz CT molecular complexity index is 1190. The topological polar surface area (TPSA) is 102 Å². The second kappa shape index (κ2) is 8.28. The van der Waals surface area contributed by atoms with Crippen LogP contribution in [0, 0.1) is 33.8 Å². The molecular weight excluding hydrogens is 469 g/mol. The van der Waals surface area contributed by atoms with Crippen LogP contribution in [-0.2, 0) is 16.2 Å². The number of imide groups is 1. The van der Waals surface area contributed by atoms with Gasteiger partial charge in [0.2, 0.25) is 0 Å². The molecule has 4 atom stereocenters. The van der Waals surface area contributed by atoms with E-state index in [4.69, 9.17) is 27.9 Å². The summed E-state index contributed by atoms with van der Waals surface area (Å²) >= 11 is 12.6. The highest BCUT2D eigenvalue weighted by Crippen LogP contribution is 2.52. The van der Waals surface area contributed by atoms with Crippen molar-refractivity contribution in [2.24, 2.45) is 28.8 Å². The van der Waals surface area contributed by atoms with Crippen LogP contribution < -0.4 is 4.74 Å². The average Bonchev–Trinajstić information content (AvgIpc) is 3.46. The summed E-state index contributed by atoms with van der Waals surface area (Å²) in [5.41, 5.74) is 1.03. The number of carbonyl (C=O) groups excluding carboxylic acids is 2. The maximum atomic E-state index is 12.7. The number of nitro benzene ring substituents is 1. The minimum Gasteiger partial charge on any atom is -0.486 e. The van der Waals surface area contributed by atoms with E-state index in [0.29, 0.717) is 11.1 Å². The van der Waals surface area contributed by atoms with Gasteiger partial charge in [0, 0.05) is 12.1 Å². The van der Waals surface area contributed by atoms with Crippen LogP contribution in [0.15, 0.2) is 53.7 Å². The fraction of sp³-hybridized carbons (Fsp3) is 0.261. The number of hydrogen-bond acceptors (Lipinski definition) is 6. The smallest absolute Gasteiger partial charge is 0.269 e. The molecule has 2 fully saturated rings. The number of hydrazone groups is 1. The molecule has 2 aliphatic carbocycles. The first-order valence-electron chi connectivity index (χ1n) is 10.3. The number of fused-ring (bicyclic) bond motifs is 5. The summed E-state index contributed by atoms with van der Waals surface area (Å²) in [6, 6.07) is 9.16. The van der Waals surface area contributed by atoms with Crippen molar-refractivity contribution in [1.82, 2.24) is 5.01 Å². The molecule has 0 radical (unpaired) electrons. The zero-order valence-corrected chi connectivity index (χ0v) is 18.6. The molecule has 1 saturated carbocycles. The van der Waals surface area contributed by atoms with Crippen LogP contribution in [0.5, 0.6) is 5.75 Å². The molecule has 8 nitrogen and oxygen atoms in total. The van der Waals surface area contributed by atoms with Gasteiger partial charge in [0.15, 0.2) is 5.75 Å². The molecular formula is C23H17Cl2N3O5. The van der Waals surface area contributed by atoms with E-state index >= 15 is 0 Å². The van der Waals surface area contributed by atoms with Crippen molar-refractivity contribution in [2.75, 3.05) is 0 Å². The number of amides is 2. The SMILES string of the molecule is O=C1C2C3C=CC(C3)C2C(=O)N1N=Cc1cc(Cl)c(OCc2cccc([N+](=O)[O-])c2)c(Cl)c1. The van der Waals surface area contributed by atoms with Crippen LogP contribution in [0.4, 0.5) is 5.69 Å². The number of rotatable bonds is 6. The highest BCUT2D eigenvalue weighted by atomic mass is 35.5. The Hall–Kier alpha value is -3.23. The van der Waals surface area contributed by atoms with Crippen molar-refractivity contribution in [3.05, 3.63) is 79.8 Å². The fourth-order valence-electron chi connectivity index (χ4n) is 4.83. The van der Waals surface area contributed by atoms with Gasteiger partial charge in [0.25, 0.3) is 17.5 Å². The number of nitro groups is 1. The Morgan fingerprint density at radius 1 is 1.09 bits per heavy atom. The molecule has 2 amide bonds. The van der Waals surface area contributed by atoms with Gasteiger partial charge in [-0.05, 0) is 41.5 Å². The maximum Gasteiger partial charge on any atom is 0.269 e. The van der Waals surface area contributed by atoms with E-state index in [1.54, 1.807) is 24.3 Å². The van der Waals surface area contributed by atoms with Crippen LogP contribution in [-0.4, -0.2) is 28.0 Å². The van der Waals surface area contributed by atoms with Crippen molar-refractivity contribution in [2.45, 2.75) is 13.0 Å². The predicted molar refractivity (Wildman–Crippen MR) is 121 cm³/mol. The zero-order chi connectivity index (χ0) is 23.3. The third-order valence-corrected chi connectivity index (χ3v) is 6.86. The first-order valence-corrected chi connectivity index (χ1v) is 11.0. The molecule has 5 rings (SSSR count). The Balaban J connectivity index is 1.29. The molecule has 1 aliphatic heterocycles. The zero-order valence-electron chi connectivity index (χ0n) is 17.1. The van der Waals surface area contributed by atoms with E-state index in [2.05, 4.69) is 5.10 Å². The maximum absolute atomic E-state index is 12.7. The Kier molecular flexibility index (Phi) is 5.42. The minimum absolute atomic E-state index is 0.0322. The van der Waals surface area contributed by atoms with Crippen molar-refractivity contribution in [3.8, 4) is 5.75 Å². The summed E-state index contributed by atoms with van der Waals surface area (Å²) in [4.78, 5) is 35.9. The number of allylic oxidation sites excluding steroid dienone is 2. The van der Waals surface area contributed by atoms with E-state index < -0.39 is 4.92 Å². The van der Waals surface area contributed by atoms with Gasteiger partial charge in [-0.25, -0.2) is 0 Å². The molecule has 1 heterocycles. The summed E-state index contributed by atoms with van der Waals surface area (Å²) in [7, 11) is 0. The standard InChI is InChI=1S/C23H17Cl2N3O5/c24-17-7-13(8-18(25)21(17)33-11-12-2-1-3-16(6-12)28(31)32)10-26-27-22(29)19-14-4-5-15(9-14)20(19)23(27)30/h1-8,10,14-15,19-20H,9,11H2. The van der Waals surface area contributed by atoms with Gasteiger partial charge in [-0.2, -0.15) is 10.1 Å². The van der Waals surface area contributed by atoms with Crippen LogP contribution in [0.2, 0.25) is 10.0 Å². The van der Waals surface area contributed by atoms with Gasteiger partial charge in [-0.1, -0.05) is 47.5 Å².